The summed E-state index contributed by atoms with van der Waals surface area (Å²) >= 11 is 1.31. The van der Waals surface area contributed by atoms with Gasteiger partial charge in [-0.2, -0.15) is 0 Å². The van der Waals surface area contributed by atoms with Crippen LogP contribution in [0.15, 0.2) is 47.7 Å². The van der Waals surface area contributed by atoms with E-state index in [9.17, 15) is 9.59 Å². The number of nitrogens with one attached hydrogen (secondary N) is 1. The minimum absolute atomic E-state index is 0.212. The fourth-order valence-corrected chi connectivity index (χ4v) is 4.42. The van der Waals surface area contributed by atoms with Crippen LogP contribution in [0, 0.1) is 13.8 Å². The van der Waals surface area contributed by atoms with Gasteiger partial charge in [-0.15, -0.1) is 11.3 Å². The monoisotopic (exact) mass is 392 g/mol. The van der Waals surface area contributed by atoms with Gasteiger partial charge in [0.25, 0.3) is 5.56 Å². The third-order valence-electron chi connectivity index (χ3n) is 4.84. The van der Waals surface area contributed by atoms with E-state index in [1.54, 1.807) is 6.20 Å². The number of benzene rings is 1. The first kappa shape index (κ1) is 18.3. The van der Waals surface area contributed by atoms with Crippen molar-refractivity contribution in [3.8, 4) is 0 Å². The molecule has 0 aliphatic carbocycles. The molecule has 1 aromatic carbocycles. The minimum Gasteiger partial charge on any atom is -0.324 e. The second kappa shape index (κ2) is 7.16. The first-order chi connectivity index (χ1) is 13.5. The van der Waals surface area contributed by atoms with Crippen molar-refractivity contribution in [3.05, 3.63) is 64.3 Å². The molecule has 0 spiro atoms. The van der Waals surface area contributed by atoms with E-state index in [1.165, 1.54) is 22.2 Å². The second-order valence-corrected chi connectivity index (χ2v) is 7.82. The van der Waals surface area contributed by atoms with Gasteiger partial charge in [0, 0.05) is 17.3 Å². The maximum absolute atomic E-state index is 13.1. The maximum Gasteiger partial charge on any atom is 0.272 e. The van der Waals surface area contributed by atoms with Crippen LogP contribution in [-0.2, 0) is 4.79 Å². The van der Waals surface area contributed by atoms with E-state index in [4.69, 9.17) is 0 Å². The molecule has 1 amide bonds. The smallest absolute Gasteiger partial charge is 0.272 e. The summed E-state index contributed by atoms with van der Waals surface area (Å²) in [5, 5.41) is 3.81. The summed E-state index contributed by atoms with van der Waals surface area (Å²) in [6.45, 7) is 5.84. The number of aromatic nitrogens is 3. The highest BCUT2D eigenvalue weighted by Gasteiger charge is 2.22. The highest BCUT2D eigenvalue weighted by molar-refractivity contribution is 7.25. The van der Waals surface area contributed by atoms with Crippen molar-refractivity contribution < 1.29 is 4.79 Å². The van der Waals surface area contributed by atoms with Gasteiger partial charge in [-0.05, 0) is 44.0 Å². The SMILES string of the molecule is CC[C@@H](C(=O)Nc1ccc(C)cc1C)n1cnc2c(sc3ncccc32)c1=O. The quantitative estimate of drug-likeness (QED) is 0.564. The number of nitrogens with zero attached hydrogens (tertiary/aromatic N) is 3. The van der Waals surface area contributed by atoms with Gasteiger partial charge in [0.15, 0.2) is 0 Å². The Bertz CT molecular complexity index is 1260. The number of carbonyl (C=O) groups excluding carboxylic acids is 1. The van der Waals surface area contributed by atoms with Crippen LogP contribution in [0.1, 0.15) is 30.5 Å². The summed E-state index contributed by atoms with van der Waals surface area (Å²) in [4.78, 5) is 35.6. The zero-order chi connectivity index (χ0) is 19.8. The van der Waals surface area contributed by atoms with E-state index >= 15 is 0 Å². The molecule has 28 heavy (non-hydrogen) atoms. The summed E-state index contributed by atoms with van der Waals surface area (Å²) in [5.74, 6) is -0.225. The molecule has 3 heterocycles. The first-order valence-corrected chi connectivity index (χ1v) is 9.93. The molecule has 1 atom stereocenters. The number of carbonyl (C=O) groups is 1. The highest BCUT2D eigenvalue weighted by Crippen LogP contribution is 2.28. The average molecular weight is 392 g/mol. The van der Waals surface area contributed by atoms with Gasteiger partial charge < -0.3 is 5.32 Å². The molecule has 0 aliphatic heterocycles. The highest BCUT2D eigenvalue weighted by atomic mass is 32.1. The number of pyridine rings is 1. The lowest BCUT2D eigenvalue weighted by Crippen LogP contribution is -2.33. The van der Waals surface area contributed by atoms with Crippen molar-refractivity contribution in [2.75, 3.05) is 5.32 Å². The predicted molar refractivity (Wildman–Crippen MR) is 113 cm³/mol. The third-order valence-corrected chi connectivity index (χ3v) is 5.94. The molecule has 142 valence electrons. The molecule has 6 nitrogen and oxygen atoms in total. The fraction of sp³-hybridized carbons (Fsp3) is 0.238. The van der Waals surface area contributed by atoms with Crippen molar-refractivity contribution in [1.82, 2.24) is 14.5 Å². The predicted octanol–water partition coefficient (Wildman–Crippen LogP) is 4.21. The molecule has 7 heteroatoms. The Morgan fingerprint density at radius 3 is 2.82 bits per heavy atom. The minimum atomic E-state index is -0.636. The maximum atomic E-state index is 13.1. The van der Waals surface area contributed by atoms with Gasteiger partial charge in [-0.1, -0.05) is 24.6 Å². The molecular weight excluding hydrogens is 372 g/mol. The number of thiophene rings is 1. The van der Waals surface area contributed by atoms with Gasteiger partial charge in [0.2, 0.25) is 5.91 Å². The molecule has 0 bridgehead atoms. The van der Waals surface area contributed by atoms with Crippen molar-refractivity contribution in [1.29, 1.82) is 0 Å². The van der Waals surface area contributed by atoms with Gasteiger partial charge in [0.05, 0.1) is 11.8 Å². The Morgan fingerprint density at radius 2 is 2.07 bits per heavy atom. The summed E-state index contributed by atoms with van der Waals surface area (Å²) in [6, 6.07) is 8.95. The lowest BCUT2D eigenvalue weighted by Gasteiger charge is -2.18. The lowest BCUT2D eigenvalue weighted by molar-refractivity contribution is -0.119. The molecule has 3 aromatic heterocycles. The molecule has 4 rings (SSSR count). The normalized spacial score (nSPS) is 12.4. The van der Waals surface area contributed by atoms with Crippen LogP contribution in [0.3, 0.4) is 0 Å². The van der Waals surface area contributed by atoms with Gasteiger partial charge in [-0.25, -0.2) is 9.97 Å². The zero-order valence-corrected chi connectivity index (χ0v) is 16.7. The number of aryl methyl sites for hydroxylation is 2. The van der Waals surface area contributed by atoms with Crippen molar-refractivity contribution in [2.24, 2.45) is 0 Å². The van der Waals surface area contributed by atoms with Crippen molar-refractivity contribution in [2.45, 2.75) is 33.2 Å². The molecular formula is C21H20N4O2S. The molecule has 1 N–H and O–H groups in total. The molecule has 0 saturated heterocycles. The summed E-state index contributed by atoms with van der Waals surface area (Å²) in [5.41, 5.74) is 3.29. The molecule has 0 aliphatic rings. The van der Waals surface area contributed by atoms with Crippen molar-refractivity contribution in [3.63, 3.8) is 0 Å². The molecule has 0 fully saturated rings. The van der Waals surface area contributed by atoms with Crippen LogP contribution in [0.25, 0.3) is 20.4 Å². The number of hydrogen-bond donors (Lipinski definition) is 1. The van der Waals surface area contributed by atoms with E-state index in [0.29, 0.717) is 16.6 Å². The zero-order valence-electron chi connectivity index (χ0n) is 15.9. The number of amides is 1. The van der Waals surface area contributed by atoms with Crippen LogP contribution in [0.4, 0.5) is 5.69 Å². The Hall–Kier alpha value is -3.06. The third kappa shape index (κ3) is 3.07. The Balaban J connectivity index is 1.74. The second-order valence-electron chi connectivity index (χ2n) is 6.82. The molecule has 0 unspecified atom stereocenters. The van der Waals surface area contributed by atoms with E-state index < -0.39 is 6.04 Å². The van der Waals surface area contributed by atoms with E-state index in [2.05, 4.69) is 15.3 Å². The van der Waals surface area contributed by atoms with Crippen molar-refractivity contribution >= 4 is 43.4 Å². The fourth-order valence-electron chi connectivity index (χ4n) is 3.38. The van der Waals surface area contributed by atoms with E-state index in [-0.39, 0.29) is 11.5 Å². The van der Waals surface area contributed by atoms with Crippen LogP contribution < -0.4 is 10.9 Å². The molecule has 0 saturated carbocycles. The van der Waals surface area contributed by atoms with Crippen LogP contribution in [-0.4, -0.2) is 20.4 Å². The number of anilines is 1. The van der Waals surface area contributed by atoms with Crippen LogP contribution in [0.5, 0.6) is 0 Å². The summed E-state index contributed by atoms with van der Waals surface area (Å²) in [7, 11) is 0. The molecule has 4 aromatic rings. The molecule has 0 radical (unpaired) electrons. The van der Waals surface area contributed by atoms with Gasteiger partial charge in [0.1, 0.15) is 15.6 Å². The van der Waals surface area contributed by atoms with Crippen LogP contribution >= 0.6 is 11.3 Å². The average Bonchev–Trinajstić information content (AvgIpc) is 3.06. The van der Waals surface area contributed by atoms with Gasteiger partial charge >= 0.3 is 0 Å². The lowest BCUT2D eigenvalue weighted by atomic mass is 10.1. The number of fused-ring (bicyclic) bond motifs is 3. The summed E-state index contributed by atoms with van der Waals surface area (Å²) in [6.07, 6.45) is 3.65. The topological polar surface area (TPSA) is 76.9 Å². The Morgan fingerprint density at radius 1 is 1.25 bits per heavy atom. The standard InChI is InChI=1S/C21H20N4O2S/c1-4-16(19(26)24-15-8-7-12(2)10-13(15)3)25-11-23-17-14-6-5-9-22-20(14)28-18(17)21(25)27/h5-11,16H,4H2,1-3H3,(H,24,26)/t16-/m0/s1. The first-order valence-electron chi connectivity index (χ1n) is 9.12. The number of hydrogen-bond acceptors (Lipinski definition) is 5. The van der Waals surface area contributed by atoms with E-state index in [0.717, 1.165) is 27.0 Å². The number of rotatable bonds is 4. The van der Waals surface area contributed by atoms with E-state index in [1.807, 2.05) is 51.1 Å². The summed E-state index contributed by atoms with van der Waals surface area (Å²) < 4.78 is 1.95. The van der Waals surface area contributed by atoms with Gasteiger partial charge in [-0.3, -0.25) is 14.2 Å². The van der Waals surface area contributed by atoms with Crippen LogP contribution in [0.2, 0.25) is 0 Å². The Kier molecular flexibility index (Phi) is 4.68. The largest absolute Gasteiger partial charge is 0.324 e. The Labute approximate surface area is 165 Å².